The SMILES string of the molecule is COc1ccc(-c2cc(N)no2)c(OC)c1.COc1ccc(C(=O)CC#N)c(OC)c1.II(I)I(I)I(I)I. The number of benzene rings is 2. The molecule has 1 heterocycles. The first-order valence-corrected chi connectivity index (χ1v) is 54.0. The van der Waals surface area contributed by atoms with E-state index in [2.05, 4.69) is 98.2 Å². The van der Waals surface area contributed by atoms with Gasteiger partial charge in [0.15, 0.2) is 17.4 Å². The number of hydrogen-bond donors (Lipinski definition) is 1. The molecule has 0 fully saturated rings. The normalized spacial score (nSPS) is 10.8. The minimum absolute atomic E-state index is 0.150. The molecule has 0 amide bonds. The van der Waals surface area contributed by atoms with Gasteiger partial charge in [-0.05, 0) is 24.3 Å². The van der Waals surface area contributed by atoms with Crippen LogP contribution in [0.15, 0.2) is 47.0 Å². The molecule has 0 aliphatic heterocycles. The number of anilines is 1. The molecule has 0 spiro atoms. The number of carbonyl (C=O) groups excluding carboxylic acids is 1. The number of aromatic nitrogens is 1. The molecule has 17 heteroatoms. The van der Waals surface area contributed by atoms with Crippen LogP contribution in [0, 0.1) is 11.3 Å². The third-order valence-electron chi connectivity index (χ3n) is 4.31. The van der Waals surface area contributed by atoms with Gasteiger partial charge in [0, 0.05) is 18.2 Å². The average molecular weight is 1440 g/mol. The molecule has 0 saturated heterocycles. The maximum absolute atomic E-state index is 11.5. The Bertz CT molecular complexity index is 1230. The van der Waals surface area contributed by atoms with Crippen molar-refractivity contribution in [2.75, 3.05) is 34.2 Å². The second-order valence-electron chi connectivity index (χ2n) is 6.49. The molecule has 3 rings (SSSR count). The van der Waals surface area contributed by atoms with Crippen LogP contribution in [0.2, 0.25) is 0 Å². The average Bonchev–Trinajstić information content (AvgIpc) is 3.38. The number of methoxy groups -OCH3 is 4. The first-order chi connectivity index (χ1) is 18.5. The van der Waals surface area contributed by atoms with Crippen molar-refractivity contribution in [2.45, 2.75) is 6.42 Å². The number of nitrogens with two attached hydrogens (primary N) is 1. The third kappa shape index (κ3) is 13.9. The fraction of sp³-hybridized carbons (Fsp3) is 0.227. The number of halogens is 8. The molecule has 0 unspecified atom stereocenters. The number of carbonyl (C=O) groups is 1. The summed E-state index contributed by atoms with van der Waals surface area (Å²) in [4.78, 5) is 11.5. The summed E-state index contributed by atoms with van der Waals surface area (Å²) in [5.74, 6) is 3.06. The van der Waals surface area contributed by atoms with Gasteiger partial charge in [-0.25, -0.2) is 0 Å². The van der Waals surface area contributed by atoms with Crippen LogP contribution < -0.4 is 24.7 Å². The van der Waals surface area contributed by atoms with Crippen LogP contribution in [0.3, 0.4) is 0 Å². The second-order valence-corrected chi connectivity index (χ2v) is 153. The third-order valence-corrected chi connectivity index (χ3v) is 335. The molecule has 2 N–H and O–H groups in total. The molecule has 0 atom stereocenters. The van der Waals surface area contributed by atoms with E-state index in [0.717, 1.165) is 5.56 Å². The molecule has 0 saturated carbocycles. The van der Waals surface area contributed by atoms with E-state index in [1.165, 1.54) is 14.2 Å². The summed E-state index contributed by atoms with van der Waals surface area (Å²) in [5.41, 5.74) is 6.68. The van der Waals surface area contributed by atoms with Crippen LogP contribution in [0.4, 0.5) is 5.82 Å². The number of nitriles is 1. The van der Waals surface area contributed by atoms with E-state index in [-0.39, 0.29) is 35.9 Å². The number of rotatable bonds is 9. The standard InChI is InChI=1S/C11H12N2O3.C11H11NO3.I8/c1-14-7-3-4-8(9(5-7)15-2)10-6-11(12)13-16-10;1-14-8-3-4-9(10(13)5-6-12)11(7-8)15-2;1-6(2)8(5)7(3)4/h3-6H,1-2H3,(H2,12,13);3-4,7H,5H2,1-2H3;. The van der Waals surface area contributed by atoms with Crippen LogP contribution in [0.5, 0.6) is 23.0 Å². The zero-order valence-electron chi connectivity index (χ0n) is 20.7. The maximum atomic E-state index is 11.5. The van der Waals surface area contributed by atoms with Crippen molar-refractivity contribution in [2.24, 2.45) is 0 Å². The molecule has 39 heavy (non-hydrogen) atoms. The van der Waals surface area contributed by atoms with Crippen molar-refractivity contribution in [3.8, 4) is 40.4 Å². The zero-order chi connectivity index (χ0) is 29.5. The van der Waals surface area contributed by atoms with E-state index in [0.29, 0.717) is 40.1 Å². The molecule has 0 bridgehead atoms. The predicted molar refractivity (Wildman–Crippen MR) is 226 cm³/mol. The Kier molecular flexibility index (Phi) is 21.2. The number of hydrogen-bond acceptors (Lipinski definition) is 9. The van der Waals surface area contributed by atoms with Gasteiger partial charge in [0.25, 0.3) is 0 Å². The number of ether oxygens (including phenoxy) is 4. The molecule has 0 radical (unpaired) electrons. The van der Waals surface area contributed by atoms with E-state index in [9.17, 15) is 4.79 Å². The molecule has 218 valence electrons. The summed E-state index contributed by atoms with van der Waals surface area (Å²) in [7, 11) is 5.24. The van der Waals surface area contributed by atoms with E-state index < -0.39 is 0 Å². The van der Waals surface area contributed by atoms with Gasteiger partial charge in [-0.15, -0.1) is 0 Å². The molecule has 1 aromatic heterocycles. The number of nitrogen functional groups attached to an aromatic ring is 1. The Morgan fingerprint density at radius 1 is 0.897 bits per heavy atom. The molecule has 9 nitrogen and oxygen atoms in total. The summed E-state index contributed by atoms with van der Waals surface area (Å²) in [6, 6.07) is 13.7. The molecular formula is C22H23I8N3O6. The van der Waals surface area contributed by atoms with Crippen molar-refractivity contribution in [3.63, 3.8) is 0 Å². The molecule has 0 aliphatic carbocycles. The first kappa shape index (κ1) is 38.7. The minimum atomic E-state index is -0.334. The first-order valence-electron chi connectivity index (χ1n) is 10.0. The number of ketones is 1. The van der Waals surface area contributed by atoms with Crippen molar-refractivity contribution < 1.29 is 28.3 Å². The Labute approximate surface area is 290 Å². The number of Topliss-reactive ketones (excluding diaryl/α,β-unsaturated/α-hetero) is 1. The molecular weight excluding hydrogens is 1420 g/mol. The quantitative estimate of drug-likeness (QED) is 0.164. The summed E-state index contributed by atoms with van der Waals surface area (Å²) in [6.07, 6.45) is -0.150. The van der Waals surface area contributed by atoms with Crippen LogP contribution in [-0.2, 0) is 0 Å². The van der Waals surface area contributed by atoms with Crippen molar-refractivity contribution >= 4 is 128 Å². The molecule has 3 aromatic rings. The van der Waals surface area contributed by atoms with Gasteiger partial charge in [-0.3, -0.25) is 4.79 Å². The van der Waals surface area contributed by atoms with Crippen molar-refractivity contribution in [1.29, 1.82) is 5.26 Å². The zero-order valence-corrected chi connectivity index (χ0v) is 38.0. The van der Waals surface area contributed by atoms with Crippen LogP contribution >= 0.6 is 117 Å². The van der Waals surface area contributed by atoms with E-state index >= 15 is 0 Å². The van der Waals surface area contributed by atoms with Gasteiger partial charge < -0.3 is 29.2 Å². The van der Waals surface area contributed by atoms with Gasteiger partial charge in [0.05, 0.1) is 52.1 Å². The fourth-order valence-corrected chi connectivity index (χ4v) is 422. The predicted octanol–water partition coefficient (Wildman–Crippen LogP) is 10.8. The Morgan fingerprint density at radius 3 is 1.85 bits per heavy atom. The van der Waals surface area contributed by atoms with Crippen molar-refractivity contribution in [1.82, 2.24) is 5.16 Å². The summed E-state index contributed by atoms with van der Waals surface area (Å²) < 4.78 is 25.5. The van der Waals surface area contributed by atoms with Gasteiger partial charge in [-0.2, -0.15) is 5.26 Å². The summed E-state index contributed by atoms with van der Waals surface area (Å²) in [6.45, 7) is 0. The monoisotopic (exact) mass is 1440 g/mol. The Hall–Kier alpha value is 1.65. The van der Waals surface area contributed by atoms with Crippen molar-refractivity contribution in [3.05, 3.63) is 48.0 Å². The number of nitrogens with zero attached hydrogens (tertiary/aromatic N) is 2. The Morgan fingerprint density at radius 2 is 1.44 bits per heavy atom. The molecule has 2 aromatic carbocycles. The van der Waals surface area contributed by atoms with E-state index in [1.54, 1.807) is 44.6 Å². The van der Waals surface area contributed by atoms with Crippen LogP contribution in [0.25, 0.3) is 11.3 Å². The van der Waals surface area contributed by atoms with Gasteiger partial charge in [-0.1, -0.05) is 5.16 Å². The van der Waals surface area contributed by atoms with Crippen LogP contribution in [0.1, 0.15) is 16.8 Å². The van der Waals surface area contributed by atoms with Gasteiger partial charge in [0.1, 0.15) is 23.0 Å². The topological polar surface area (TPSA) is 130 Å². The van der Waals surface area contributed by atoms with Gasteiger partial charge >= 0.3 is 117 Å². The fourth-order valence-electron chi connectivity index (χ4n) is 2.64. The van der Waals surface area contributed by atoms with Crippen LogP contribution in [-0.4, -0.2) is 39.4 Å². The molecule has 0 aliphatic rings. The van der Waals surface area contributed by atoms with E-state index in [1.807, 2.05) is 18.2 Å². The van der Waals surface area contributed by atoms with Gasteiger partial charge in [0.2, 0.25) is 0 Å². The summed E-state index contributed by atoms with van der Waals surface area (Å²) in [5, 5.41) is 12.1. The second kappa shape index (κ2) is 21.4. The van der Waals surface area contributed by atoms with E-state index in [4.69, 9.17) is 34.5 Å². The summed E-state index contributed by atoms with van der Waals surface area (Å²) >= 11 is 13.7. The Balaban J connectivity index is 0.000000310.